The van der Waals surface area contributed by atoms with Gasteiger partial charge in [-0.15, -0.1) is 0 Å². The van der Waals surface area contributed by atoms with Crippen molar-refractivity contribution in [2.24, 2.45) is 5.73 Å². The van der Waals surface area contributed by atoms with E-state index < -0.39 is 0 Å². The Bertz CT molecular complexity index is 748. The van der Waals surface area contributed by atoms with Crippen LogP contribution in [0.4, 0.5) is 0 Å². The van der Waals surface area contributed by atoms with E-state index in [-0.39, 0.29) is 6.04 Å². The summed E-state index contributed by atoms with van der Waals surface area (Å²) in [6.07, 6.45) is 1.86. The molecule has 0 fully saturated rings. The van der Waals surface area contributed by atoms with Crippen LogP contribution in [0.2, 0.25) is 0 Å². The number of rotatable bonds is 2. The van der Waals surface area contributed by atoms with E-state index in [1.54, 1.807) is 0 Å². The van der Waals surface area contributed by atoms with Crippen LogP contribution in [0.3, 0.4) is 0 Å². The Morgan fingerprint density at radius 3 is 2.65 bits per heavy atom. The minimum absolute atomic E-state index is 0.164. The number of halogens is 1. The van der Waals surface area contributed by atoms with Gasteiger partial charge in [0.05, 0.1) is 11.6 Å². The van der Waals surface area contributed by atoms with E-state index in [2.05, 4.69) is 58.2 Å². The second kappa shape index (κ2) is 5.35. The fourth-order valence-corrected chi connectivity index (χ4v) is 3.02. The molecule has 3 aromatic rings. The first-order chi connectivity index (χ1) is 9.63. The van der Waals surface area contributed by atoms with E-state index in [0.29, 0.717) is 0 Å². The molecule has 0 saturated carbocycles. The van der Waals surface area contributed by atoms with Crippen LogP contribution in [0.25, 0.3) is 10.9 Å². The van der Waals surface area contributed by atoms with Crippen LogP contribution in [0.5, 0.6) is 0 Å². The van der Waals surface area contributed by atoms with Gasteiger partial charge in [0.1, 0.15) is 0 Å². The zero-order chi connectivity index (χ0) is 14.1. The Kier molecular flexibility index (Phi) is 3.55. The van der Waals surface area contributed by atoms with E-state index >= 15 is 0 Å². The van der Waals surface area contributed by atoms with Crippen molar-refractivity contribution >= 4 is 26.8 Å². The monoisotopic (exact) mass is 326 g/mol. The Morgan fingerprint density at radius 1 is 1.05 bits per heavy atom. The maximum absolute atomic E-state index is 6.38. The van der Waals surface area contributed by atoms with Crippen LogP contribution in [0.15, 0.2) is 59.2 Å². The lowest BCUT2D eigenvalue weighted by Crippen LogP contribution is -2.12. The molecule has 0 amide bonds. The maximum atomic E-state index is 6.38. The van der Waals surface area contributed by atoms with Gasteiger partial charge in [-0.25, -0.2) is 0 Å². The number of benzene rings is 2. The number of nitrogens with zero attached hydrogens (tertiary/aromatic N) is 1. The van der Waals surface area contributed by atoms with Gasteiger partial charge >= 0.3 is 0 Å². The molecule has 1 unspecified atom stereocenters. The van der Waals surface area contributed by atoms with Crippen LogP contribution in [0.1, 0.15) is 22.7 Å². The van der Waals surface area contributed by atoms with Gasteiger partial charge in [-0.05, 0) is 47.9 Å². The van der Waals surface area contributed by atoms with Crippen molar-refractivity contribution in [3.05, 3.63) is 75.9 Å². The second-order valence-electron chi connectivity index (χ2n) is 5.00. The molecule has 2 nitrogen and oxygen atoms in total. The van der Waals surface area contributed by atoms with Gasteiger partial charge in [0.25, 0.3) is 0 Å². The van der Waals surface area contributed by atoms with E-state index in [0.717, 1.165) is 26.5 Å². The molecule has 0 radical (unpaired) electrons. The van der Waals surface area contributed by atoms with E-state index in [9.17, 15) is 0 Å². The third kappa shape index (κ3) is 2.60. The number of pyridine rings is 1. The van der Waals surface area contributed by atoms with Gasteiger partial charge in [-0.1, -0.05) is 40.2 Å². The Morgan fingerprint density at radius 2 is 1.85 bits per heavy atom. The fourth-order valence-electron chi connectivity index (χ4n) is 2.39. The van der Waals surface area contributed by atoms with Gasteiger partial charge in [0.15, 0.2) is 0 Å². The summed E-state index contributed by atoms with van der Waals surface area (Å²) in [4.78, 5) is 4.48. The first-order valence-corrected chi connectivity index (χ1v) is 7.30. The fraction of sp³-hybridized carbons (Fsp3) is 0.118. The lowest BCUT2D eigenvalue weighted by Gasteiger charge is -2.14. The van der Waals surface area contributed by atoms with Gasteiger partial charge in [-0.3, -0.25) is 4.98 Å². The van der Waals surface area contributed by atoms with Crippen molar-refractivity contribution in [1.29, 1.82) is 0 Å². The second-order valence-corrected chi connectivity index (χ2v) is 5.92. The van der Waals surface area contributed by atoms with Crippen LogP contribution in [-0.2, 0) is 0 Å². The van der Waals surface area contributed by atoms with Crippen LogP contribution >= 0.6 is 15.9 Å². The topological polar surface area (TPSA) is 38.9 Å². The SMILES string of the molecule is Cc1cc(Br)cc(C(N)c2cnc3ccccc3c2)c1. The molecular weight excluding hydrogens is 312 g/mol. The molecule has 100 valence electrons. The molecule has 0 aliphatic rings. The number of fused-ring (bicyclic) bond motifs is 1. The smallest absolute Gasteiger partial charge is 0.0702 e. The summed E-state index contributed by atoms with van der Waals surface area (Å²) in [6, 6.07) is 16.3. The third-order valence-electron chi connectivity index (χ3n) is 3.39. The number of nitrogens with two attached hydrogens (primary N) is 1. The summed E-state index contributed by atoms with van der Waals surface area (Å²) < 4.78 is 1.05. The first kappa shape index (κ1) is 13.3. The zero-order valence-corrected chi connectivity index (χ0v) is 12.8. The molecule has 0 saturated heterocycles. The minimum atomic E-state index is -0.164. The summed E-state index contributed by atoms with van der Waals surface area (Å²) in [5.74, 6) is 0. The van der Waals surface area contributed by atoms with Crippen LogP contribution in [0, 0.1) is 6.92 Å². The van der Waals surface area contributed by atoms with Crippen LogP contribution in [-0.4, -0.2) is 4.98 Å². The maximum Gasteiger partial charge on any atom is 0.0702 e. The summed E-state index contributed by atoms with van der Waals surface area (Å²) in [5, 5.41) is 1.12. The van der Waals surface area contributed by atoms with Crippen molar-refractivity contribution in [2.75, 3.05) is 0 Å². The summed E-state index contributed by atoms with van der Waals surface area (Å²) in [7, 11) is 0. The molecule has 0 aliphatic heterocycles. The molecule has 20 heavy (non-hydrogen) atoms. The van der Waals surface area contributed by atoms with Crippen LogP contribution < -0.4 is 5.73 Å². The van der Waals surface area contributed by atoms with E-state index in [1.165, 1.54) is 5.56 Å². The Hall–Kier alpha value is -1.71. The minimum Gasteiger partial charge on any atom is -0.320 e. The lowest BCUT2D eigenvalue weighted by molar-refractivity contribution is 0.864. The van der Waals surface area contributed by atoms with Gasteiger partial charge in [0, 0.05) is 16.1 Å². The van der Waals surface area contributed by atoms with Gasteiger partial charge < -0.3 is 5.73 Å². The summed E-state index contributed by atoms with van der Waals surface area (Å²) >= 11 is 3.52. The average Bonchev–Trinajstić information content (AvgIpc) is 2.45. The molecule has 2 aromatic carbocycles. The largest absolute Gasteiger partial charge is 0.320 e. The zero-order valence-electron chi connectivity index (χ0n) is 11.2. The molecule has 2 N–H and O–H groups in total. The van der Waals surface area contributed by atoms with Gasteiger partial charge in [-0.2, -0.15) is 0 Å². The number of aryl methyl sites for hydroxylation is 1. The summed E-state index contributed by atoms with van der Waals surface area (Å²) in [5.41, 5.74) is 10.7. The Balaban J connectivity index is 2.05. The molecule has 3 heteroatoms. The Labute approximate surface area is 126 Å². The highest BCUT2D eigenvalue weighted by molar-refractivity contribution is 9.10. The highest BCUT2D eigenvalue weighted by atomic mass is 79.9. The van der Waals surface area contributed by atoms with Crippen molar-refractivity contribution in [3.63, 3.8) is 0 Å². The number of aromatic nitrogens is 1. The quantitative estimate of drug-likeness (QED) is 0.760. The molecular formula is C17H15BrN2. The molecule has 1 heterocycles. The molecule has 0 bridgehead atoms. The van der Waals surface area contributed by atoms with Gasteiger partial charge in [0.2, 0.25) is 0 Å². The van der Waals surface area contributed by atoms with Crippen molar-refractivity contribution in [2.45, 2.75) is 13.0 Å². The van der Waals surface area contributed by atoms with E-state index in [4.69, 9.17) is 5.73 Å². The van der Waals surface area contributed by atoms with Crippen molar-refractivity contribution in [3.8, 4) is 0 Å². The van der Waals surface area contributed by atoms with Crippen molar-refractivity contribution < 1.29 is 0 Å². The highest BCUT2D eigenvalue weighted by Crippen LogP contribution is 2.25. The van der Waals surface area contributed by atoms with E-state index in [1.807, 2.05) is 24.4 Å². The average molecular weight is 327 g/mol. The molecule has 0 aliphatic carbocycles. The number of para-hydroxylation sites is 1. The highest BCUT2D eigenvalue weighted by Gasteiger charge is 2.11. The predicted molar refractivity (Wildman–Crippen MR) is 86.7 cm³/mol. The molecule has 0 spiro atoms. The predicted octanol–water partition coefficient (Wildman–Crippen LogP) is 4.35. The molecule has 1 atom stereocenters. The number of hydrogen-bond acceptors (Lipinski definition) is 2. The standard InChI is InChI=1S/C17H15BrN2/c1-11-6-13(9-15(18)7-11)17(19)14-8-12-4-2-3-5-16(12)20-10-14/h2-10,17H,19H2,1H3. The summed E-state index contributed by atoms with van der Waals surface area (Å²) in [6.45, 7) is 2.07. The van der Waals surface area contributed by atoms with Crippen molar-refractivity contribution in [1.82, 2.24) is 4.98 Å². The third-order valence-corrected chi connectivity index (χ3v) is 3.85. The lowest BCUT2D eigenvalue weighted by atomic mass is 9.98. The number of hydrogen-bond donors (Lipinski definition) is 1. The molecule has 3 rings (SSSR count). The first-order valence-electron chi connectivity index (χ1n) is 6.51. The normalized spacial score (nSPS) is 12.6. The molecule has 1 aromatic heterocycles.